The van der Waals surface area contributed by atoms with Gasteiger partial charge in [0.2, 0.25) is 0 Å². The van der Waals surface area contributed by atoms with Crippen molar-refractivity contribution in [3.8, 4) is 0 Å². The van der Waals surface area contributed by atoms with E-state index in [1.165, 1.54) is 0 Å². The molecule has 0 aromatic rings. The number of rotatable bonds is 0. The van der Waals surface area contributed by atoms with Crippen LogP contribution in [0.25, 0.3) is 0 Å². The normalized spacial score (nSPS) is 0. The number of hydrogen-bond donors (Lipinski definition) is 0. The van der Waals surface area contributed by atoms with E-state index >= 15 is 0 Å². The van der Waals surface area contributed by atoms with Crippen molar-refractivity contribution >= 4 is 84.7 Å². The summed E-state index contributed by atoms with van der Waals surface area (Å²) in [6.45, 7) is 0. The Hall–Kier alpha value is 3.45. The van der Waals surface area contributed by atoms with E-state index in [0.717, 1.165) is 0 Å². The van der Waals surface area contributed by atoms with Gasteiger partial charge in [-0.25, -0.2) is 0 Å². The minimum Gasteiger partial charge on any atom is 0 e. The predicted octanol–water partition coefficient (Wildman–Crippen LogP) is -2.22. The summed E-state index contributed by atoms with van der Waals surface area (Å²) in [5, 5.41) is 0. The van der Waals surface area contributed by atoms with Crippen molar-refractivity contribution in [2.75, 3.05) is 0 Å². The van der Waals surface area contributed by atoms with E-state index in [2.05, 4.69) is 0 Å². The summed E-state index contributed by atoms with van der Waals surface area (Å²) < 4.78 is 0. The summed E-state index contributed by atoms with van der Waals surface area (Å²) in [6, 6.07) is 0. The second kappa shape index (κ2) is 16.1. The molecule has 0 spiro atoms. The van der Waals surface area contributed by atoms with Gasteiger partial charge in [0.05, 0.1) is 0 Å². The zero-order chi connectivity index (χ0) is 0. The third kappa shape index (κ3) is 9.07. The van der Waals surface area contributed by atoms with Crippen molar-refractivity contribution in [3.05, 3.63) is 0 Å². The van der Waals surface area contributed by atoms with Gasteiger partial charge in [-0.3, -0.25) is 0 Å². The fraction of sp³-hybridized carbons (Fsp3) is 0. The molecule has 0 saturated heterocycles. The fourth-order valence-electron chi connectivity index (χ4n) is 0. The minimum atomic E-state index is 0. The quantitative estimate of drug-likeness (QED) is 0.429. The van der Waals surface area contributed by atoms with Gasteiger partial charge in [0.1, 0.15) is 0 Å². The molecule has 0 aliphatic heterocycles. The second-order valence-electron chi connectivity index (χ2n) is 0. The Bertz CT molecular complexity index is 8.00. The average molecular weight is 253 g/mol. The van der Waals surface area contributed by atoms with E-state index in [4.69, 9.17) is 0 Å². The Balaban J connectivity index is 0. The summed E-state index contributed by atoms with van der Waals surface area (Å²) in [7, 11) is 0. The van der Waals surface area contributed by atoms with Crippen LogP contribution in [0.2, 0.25) is 0 Å². The van der Waals surface area contributed by atoms with Gasteiger partial charge in [-0.05, 0) is 0 Å². The van der Waals surface area contributed by atoms with Gasteiger partial charge >= 0.3 is 60.8 Å². The van der Waals surface area contributed by atoms with Crippen LogP contribution in [0.4, 0.5) is 0 Å². The van der Waals surface area contributed by atoms with Gasteiger partial charge < -0.3 is 0 Å². The maximum Gasteiger partial charge on any atom is 0.316 e. The molecule has 0 aliphatic rings. The topological polar surface area (TPSA) is 0 Å². The van der Waals surface area contributed by atoms with Crippen molar-refractivity contribution in [3.63, 3.8) is 0 Å². The van der Waals surface area contributed by atoms with Crippen LogP contribution in [-0.2, 0) is 19.5 Å². The molecule has 0 fully saturated rings. The first-order chi connectivity index (χ1) is 0. The Morgan fingerprint density at radius 1 is 1.00 bits per heavy atom. The SMILES string of the molecule is [CaH2].[MgH2].[Sn].[Zn]. The minimum absolute atomic E-state index is 0. The molecule has 4 radical (unpaired) electrons. The first kappa shape index (κ1) is 26.0. The predicted molar refractivity (Wildman–Crippen MR) is 22.8 cm³/mol. The molecular weight excluding hydrogens is 248 g/mol. The summed E-state index contributed by atoms with van der Waals surface area (Å²) >= 11 is 0. The van der Waals surface area contributed by atoms with Gasteiger partial charge in [0.25, 0.3) is 0 Å². The molecule has 0 saturated carbocycles. The molecule has 0 aromatic heterocycles. The Morgan fingerprint density at radius 3 is 1.00 bits per heavy atom. The Kier molecular flexibility index (Phi) is 105. The van der Waals surface area contributed by atoms with Crippen LogP contribution >= 0.6 is 0 Å². The van der Waals surface area contributed by atoms with Crippen LogP contribution in [0.15, 0.2) is 0 Å². The van der Waals surface area contributed by atoms with Crippen LogP contribution in [0, 0.1) is 0 Å². The monoisotopic (exact) mass is 252 g/mol. The largest absolute Gasteiger partial charge is 0.316 e. The van der Waals surface area contributed by atoms with Crippen LogP contribution < -0.4 is 0 Å². The Labute approximate surface area is 102 Å². The molecule has 14 valence electrons. The molecule has 0 bridgehead atoms. The van der Waals surface area contributed by atoms with Gasteiger partial charge in [0.15, 0.2) is 0 Å². The van der Waals surface area contributed by atoms with E-state index in [-0.39, 0.29) is 104 Å². The maximum atomic E-state index is 0. The maximum absolute atomic E-state index is 0. The Morgan fingerprint density at radius 2 is 1.00 bits per heavy atom. The molecule has 0 amide bonds. The molecular formula is H4CaMgSnZn. The average Bonchev–Trinajstić information content (AvgIpc) is 0. The van der Waals surface area contributed by atoms with Crippen LogP contribution in [0.1, 0.15) is 0 Å². The summed E-state index contributed by atoms with van der Waals surface area (Å²) in [6.07, 6.45) is 0. The van der Waals surface area contributed by atoms with E-state index in [1.807, 2.05) is 0 Å². The van der Waals surface area contributed by atoms with Gasteiger partial charge in [-0.15, -0.1) is 0 Å². The molecule has 4 heavy (non-hydrogen) atoms. The molecule has 0 nitrogen and oxygen atoms in total. The van der Waals surface area contributed by atoms with Crippen molar-refractivity contribution in [1.29, 1.82) is 0 Å². The summed E-state index contributed by atoms with van der Waals surface area (Å²) in [5.74, 6) is 0. The van der Waals surface area contributed by atoms with Crippen LogP contribution in [0.5, 0.6) is 0 Å². The molecule has 0 aromatic carbocycles. The fourth-order valence-corrected chi connectivity index (χ4v) is 0. The first-order valence-electron chi connectivity index (χ1n) is 0. The van der Waals surface area contributed by atoms with Crippen molar-refractivity contribution < 1.29 is 19.5 Å². The molecule has 0 aliphatic carbocycles. The molecule has 0 heterocycles. The first-order valence-corrected chi connectivity index (χ1v) is 0. The van der Waals surface area contributed by atoms with Crippen molar-refractivity contribution in [2.24, 2.45) is 0 Å². The van der Waals surface area contributed by atoms with Crippen LogP contribution in [-0.4, -0.2) is 84.7 Å². The smallest absolute Gasteiger partial charge is 0 e. The third-order valence-electron chi connectivity index (χ3n) is 0. The van der Waals surface area contributed by atoms with Gasteiger partial charge in [-0.2, -0.15) is 0 Å². The molecule has 0 atom stereocenters. The molecule has 4 heteroatoms. The van der Waals surface area contributed by atoms with E-state index in [0.29, 0.717) is 0 Å². The molecule has 0 rings (SSSR count). The van der Waals surface area contributed by atoms with Crippen molar-refractivity contribution in [2.45, 2.75) is 0 Å². The summed E-state index contributed by atoms with van der Waals surface area (Å²) in [5.41, 5.74) is 0. The van der Waals surface area contributed by atoms with E-state index in [9.17, 15) is 0 Å². The zero-order valence-electron chi connectivity index (χ0n) is 1.21. The van der Waals surface area contributed by atoms with Crippen LogP contribution in [0.3, 0.4) is 0 Å². The van der Waals surface area contributed by atoms with E-state index in [1.54, 1.807) is 0 Å². The summed E-state index contributed by atoms with van der Waals surface area (Å²) in [4.78, 5) is 0. The third-order valence-corrected chi connectivity index (χ3v) is 0. The van der Waals surface area contributed by atoms with E-state index < -0.39 is 0 Å². The van der Waals surface area contributed by atoms with Gasteiger partial charge in [-0.1, -0.05) is 0 Å². The molecule has 0 N–H and O–H groups in total. The van der Waals surface area contributed by atoms with Gasteiger partial charge in [0, 0.05) is 43.4 Å². The second-order valence-corrected chi connectivity index (χ2v) is 0. The number of hydrogen-bond acceptors (Lipinski definition) is 0. The van der Waals surface area contributed by atoms with Crippen molar-refractivity contribution in [1.82, 2.24) is 0 Å². The standard InChI is InChI=1S/Ca.Mg.Sn.Zn.4H. The zero-order valence-corrected chi connectivity index (χ0v) is 7.03. The molecule has 0 unspecified atom stereocenters.